The van der Waals surface area contributed by atoms with E-state index in [4.69, 9.17) is 5.73 Å². The minimum Gasteiger partial charge on any atom is -0.369 e. The number of aromatic amines is 1. The number of H-pyrrole nitrogens is 1. The SMILES string of the molecule is C[C@H]1CC[C@@H](C(N)=O)CN1C(=O)Cc1ccc[nH]1. The molecule has 5 nitrogen and oxygen atoms in total. The lowest BCUT2D eigenvalue weighted by molar-refractivity contribution is -0.137. The van der Waals surface area contributed by atoms with Crippen molar-refractivity contribution in [2.45, 2.75) is 32.2 Å². The van der Waals surface area contributed by atoms with Crippen LogP contribution in [0.15, 0.2) is 18.3 Å². The quantitative estimate of drug-likeness (QED) is 0.825. The average molecular weight is 249 g/mol. The summed E-state index contributed by atoms with van der Waals surface area (Å²) in [6, 6.07) is 3.94. The van der Waals surface area contributed by atoms with Crippen molar-refractivity contribution < 1.29 is 9.59 Å². The fourth-order valence-corrected chi connectivity index (χ4v) is 2.43. The van der Waals surface area contributed by atoms with E-state index < -0.39 is 0 Å². The van der Waals surface area contributed by atoms with Gasteiger partial charge < -0.3 is 15.6 Å². The normalized spacial score (nSPS) is 23.9. The highest BCUT2D eigenvalue weighted by molar-refractivity contribution is 5.81. The van der Waals surface area contributed by atoms with E-state index in [-0.39, 0.29) is 23.8 Å². The number of amides is 2. The molecule has 2 atom stereocenters. The molecule has 1 fully saturated rings. The van der Waals surface area contributed by atoms with Crippen molar-refractivity contribution in [2.75, 3.05) is 6.54 Å². The average Bonchev–Trinajstić information content (AvgIpc) is 2.81. The van der Waals surface area contributed by atoms with Gasteiger partial charge in [0, 0.05) is 24.5 Å². The molecule has 0 aromatic carbocycles. The number of nitrogens with two attached hydrogens (primary N) is 1. The number of hydrogen-bond donors (Lipinski definition) is 2. The zero-order valence-electron chi connectivity index (χ0n) is 10.6. The van der Waals surface area contributed by atoms with E-state index >= 15 is 0 Å². The van der Waals surface area contributed by atoms with Crippen LogP contribution in [0.2, 0.25) is 0 Å². The van der Waals surface area contributed by atoms with Crippen LogP contribution >= 0.6 is 0 Å². The number of nitrogens with one attached hydrogen (secondary N) is 1. The Balaban J connectivity index is 2.01. The number of piperidine rings is 1. The van der Waals surface area contributed by atoms with Crippen LogP contribution < -0.4 is 5.73 Å². The molecule has 2 rings (SSSR count). The van der Waals surface area contributed by atoms with Gasteiger partial charge in [0.15, 0.2) is 0 Å². The lowest BCUT2D eigenvalue weighted by Gasteiger charge is -2.36. The number of rotatable bonds is 3. The summed E-state index contributed by atoms with van der Waals surface area (Å²) in [6.45, 7) is 2.47. The lowest BCUT2D eigenvalue weighted by atomic mass is 9.92. The van der Waals surface area contributed by atoms with Crippen LogP contribution in [0.5, 0.6) is 0 Å². The first-order valence-electron chi connectivity index (χ1n) is 6.29. The molecule has 2 heterocycles. The number of carbonyl (C=O) groups is 2. The monoisotopic (exact) mass is 249 g/mol. The molecule has 2 amide bonds. The van der Waals surface area contributed by atoms with Crippen LogP contribution in [0.4, 0.5) is 0 Å². The fourth-order valence-electron chi connectivity index (χ4n) is 2.43. The molecular weight excluding hydrogens is 230 g/mol. The number of hydrogen-bond acceptors (Lipinski definition) is 2. The van der Waals surface area contributed by atoms with Gasteiger partial charge in [-0.15, -0.1) is 0 Å². The first-order chi connectivity index (χ1) is 8.58. The van der Waals surface area contributed by atoms with E-state index in [0.717, 1.165) is 18.5 Å². The summed E-state index contributed by atoms with van der Waals surface area (Å²) in [5, 5.41) is 0. The van der Waals surface area contributed by atoms with Crippen molar-refractivity contribution in [1.82, 2.24) is 9.88 Å². The lowest BCUT2D eigenvalue weighted by Crippen LogP contribution is -2.49. The number of carbonyl (C=O) groups excluding carboxylic acids is 2. The van der Waals surface area contributed by atoms with Crippen molar-refractivity contribution >= 4 is 11.8 Å². The van der Waals surface area contributed by atoms with E-state index in [1.54, 1.807) is 11.1 Å². The third-order valence-electron chi connectivity index (χ3n) is 3.61. The topological polar surface area (TPSA) is 79.2 Å². The predicted molar refractivity (Wildman–Crippen MR) is 67.6 cm³/mol. The number of aromatic nitrogens is 1. The minimum atomic E-state index is -0.306. The van der Waals surface area contributed by atoms with Gasteiger partial charge in [0.1, 0.15) is 0 Å². The molecule has 0 bridgehead atoms. The van der Waals surface area contributed by atoms with Gasteiger partial charge >= 0.3 is 0 Å². The first-order valence-corrected chi connectivity index (χ1v) is 6.29. The Kier molecular flexibility index (Phi) is 3.69. The van der Waals surface area contributed by atoms with Gasteiger partial charge in [0.05, 0.1) is 12.3 Å². The molecule has 98 valence electrons. The second-order valence-corrected chi connectivity index (χ2v) is 4.94. The minimum absolute atomic E-state index is 0.0518. The molecule has 3 N–H and O–H groups in total. The Hall–Kier alpha value is -1.78. The van der Waals surface area contributed by atoms with Gasteiger partial charge in [0.2, 0.25) is 11.8 Å². The van der Waals surface area contributed by atoms with E-state index in [9.17, 15) is 9.59 Å². The van der Waals surface area contributed by atoms with Gasteiger partial charge in [-0.3, -0.25) is 9.59 Å². The second kappa shape index (κ2) is 5.25. The van der Waals surface area contributed by atoms with Crippen molar-refractivity contribution in [3.63, 3.8) is 0 Å². The highest BCUT2D eigenvalue weighted by Gasteiger charge is 2.31. The second-order valence-electron chi connectivity index (χ2n) is 4.94. The van der Waals surface area contributed by atoms with Crippen LogP contribution in [0.25, 0.3) is 0 Å². The molecule has 1 saturated heterocycles. The van der Waals surface area contributed by atoms with E-state index in [0.29, 0.717) is 13.0 Å². The van der Waals surface area contributed by atoms with Gasteiger partial charge in [-0.1, -0.05) is 0 Å². The molecule has 0 aliphatic carbocycles. The van der Waals surface area contributed by atoms with Crippen LogP contribution in [0, 0.1) is 5.92 Å². The molecule has 1 aliphatic rings. The Labute approximate surface area is 106 Å². The summed E-state index contributed by atoms with van der Waals surface area (Å²) in [5.74, 6) is -0.454. The first kappa shape index (κ1) is 12.7. The van der Waals surface area contributed by atoms with Crippen LogP contribution in [-0.2, 0) is 16.0 Å². The van der Waals surface area contributed by atoms with Gasteiger partial charge in [-0.2, -0.15) is 0 Å². The smallest absolute Gasteiger partial charge is 0.228 e. The maximum Gasteiger partial charge on any atom is 0.228 e. The number of likely N-dealkylation sites (tertiary alicyclic amines) is 1. The third-order valence-corrected chi connectivity index (χ3v) is 3.61. The van der Waals surface area contributed by atoms with Gasteiger partial charge in [-0.25, -0.2) is 0 Å². The summed E-state index contributed by atoms with van der Waals surface area (Å²) in [4.78, 5) is 28.2. The van der Waals surface area contributed by atoms with Crippen molar-refractivity contribution in [1.29, 1.82) is 0 Å². The van der Waals surface area contributed by atoms with Crippen LogP contribution in [-0.4, -0.2) is 34.3 Å². The summed E-state index contributed by atoms with van der Waals surface area (Å²) in [7, 11) is 0. The van der Waals surface area contributed by atoms with E-state index in [2.05, 4.69) is 4.98 Å². The highest BCUT2D eigenvalue weighted by atomic mass is 16.2. The molecule has 1 aromatic heterocycles. The Bertz CT molecular complexity index is 427. The fraction of sp³-hybridized carbons (Fsp3) is 0.538. The van der Waals surface area contributed by atoms with Crippen LogP contribution in [0.1, 0.15) is 25.5 Å². The zero-order valence-corrected chi connectivity index (χ0v) is 10.6. The van der Waals surface area contributed by atoms with Crippen molar-refractivity contribution in [2.24, 2.45) is 11.7 Å². The molecule has 1 aliphatic heterocycles. The summed E-state index contributed by atoms with van der Waals surface area (Å²) < 4.78 is 0. The molecule has 0 unspecified atom stereocenters. The van der Waals surface area contributed by atoms with E-state index in [1.165, 1.54) is 0 Å². The molecule has 0 radical (unpaired) electrons. The van der Waals surface area contributed by atoms with Gasteiger partial charge in [-0.05, 0) is 31.9 Å². The van der Waals surface area contributed by atoms with Crippen molar-refractivity contribution in [3.05, 3.63) is 24.0 Å². The van der Waals surface area contributed by atoms with Crippen molar-refractivity contribution in [3.8, 4) is 0 Å². The molecule has 5 heteroatoms. The number of nitrogens with zero attached hydrogens (tertiary/aromatic N) is 1. The molecule has 0 saturated carbocycles. The van der Waals surface area contributed by atoms with Crippen LogP contribution in [0.3, 0.4) is 0 Å². The molecular formula is C13H19N3O2. The Morgan fingerprint density at radius 3 is 2.89 bits per heavy atom. The summed E-state index contributed by atoms with van der Waals surface area (Å²) in [6.07, 6.45) is 3.77. The Morgan fingerprint density at radius 1 is 1.50 bits per heavy atom. The zero-order chi connectivity index (χ0) is 13.1. The molecule has 1 aromatic rings. The number of primary amides is 1. The Morgan fingerprint density at radius 2 is 2.28 bits per heavy atom. The maximum absolute atomic E-state index is 12.2. The largest absolute Gasteiger partial charge is 0.369 e. The van der Waals surface area contributed by atoms with E-state index in [1.807, 2.05) is 19.1 Å². The molecule has 0 spiro atoms. The summed E-state index contributed by atoms with van der Waals surface area (Å²) in [5.41, 5.74) is 6.22. The standard InChI is InChI=1S/C13H19N3O2/c1-9-4-5-10(13(14)18)8-16(9)12(17)7-11-3-2-6-15-11/h2-3,6,9-10,15H,4-5,7-8H2,1H3,(H2,14,18)/t9-,10+/m0/s1. The molecule has 18 heavy (non-hydrogen) atoms. The van der Waals surface area contributed by atoms with Gasteiger partial charge in [0.25, 0.3) is 0 Å². The summed E-state index contributed by atoms with van der Waals surface area (Å²) >= 11 is 0. The predicted octanol–water partition coefficient (Wildman–Crippen LogP) is 0.670. The maximum atomic E-state index is 12.2. The highest BCUT2D eigenvalue weighted by Crippen LogP contribution is 2.22. The third kappa shape index (κ3) is 2.72.